The average molecular weight is 207 g/mol. The fourth-order valence-corrected chi connectivity index (χ4v) is 1.19. The molecule has 1 rings (SSSR count). The molecule has 0 atom stereocenters. The lowest BCUT2D eigenvalue weighted by Crippen LogP contribution is -2.37. The lowest BCUT2D eigenvalue weighted by molar-refractivity contribution is -0.131. The van der Waals surface area contributed by atoms with Crippen LogP contribution in [0.25, 0.3) is 0 Å². The van der Waals surface area contributed by atoms with Crippen molar-refractivity contribution < 1.29 is 10.0 Å². The highest BCUT2D eigenvalue weighted by Gasteiger charge is 2.27. The summed E-state index contributed by atoms with van der Waals surface area (Å²) >= 11 is 0. The van der Waals surface area contributed by atoms with Crippen molar-refractivity contribution in [1.82, 2.24) is 0 Å². The van der Waals surface area contributed by atoms with Gasteiger partial charge in [-0.2, -0.15) is 5.06 Å². The third kappa shape index (κ3) is 2.80. The lowest BCUT2D eigenvalue weighted by Gasteiger charge is -2.24. The molecule has 3 heteroatoms. The number of hydrogen-bond acceptors (Lipinski definition) is 2. The van der Waals surface area contributed by atoms with Gasteiger partial charge in [0.05, 0.1) is 5.69 Å². The third-order valence-electron chi connectivity index (χ3n) is 2.08. The Balaban J connectivity index is 2.95. The highest BCUT2D eigenvalue weighted by molar-refractivity contribution is 5.94. The van der Waals surface area contributed by atoms with Crippen molar-refractivity contribution in [3.63, 3.8) is 0 Å². The quantitative estimate of drug-likeness (QED) is 0.568. The number of carbonyl (C=O) groups is 1. The monoisotopic (exact) mass is 207 g/mol. The minimum Gasteiger partial charge on any atom is -0.281 e. The van der Waals surface area contributed by atoms with E-state index in [9.17, 15) is 10.0 Å². The Labute approximate surface area is 90.3 Å². The second-order valence-corrected chi connectivity index (χ2v) is 4.71. The molecule has 3 nitrogen and oxygen atoms in total. The predicted molar refractivity (Wildman–Crippen MR) is 59.9 cm³/mol. The Morgan fingerprint density at radius 1 is 1.33 bits per heavy atom. The first-order chi connectivity index (χ1) is 6.82. The topological polar surface area (TPSA) is 40.5 Å². The molecule has 1 N–H and O–H groups in total. The van der Waals surface area contributed by atoms with Gasteiger partial charge in [0.2, 0.25) is 0 Å². The van der Waals surface area contributed by atoms with E-state index in [1.165, 1.54) is 0 Å². The zero-order chi connectivity index (χ0) is 11.6. The molecule has 0 unspecified atom stereocenters. The first-order valence-electron chi connectivity index (χ1n) is 4.92. The summed E-state index contributed by atoms with van der Waals surface area (Å²) < 4.78 is 0. The van der Waals surface area contributed by atoms with Gasteiger partial charge in [-0.25, -0.2) is 0 Å². The molecular formula is C12H17NO2. The van der Waals surface area contributed by atoms with Gasteiger partial charge in [0, 0.05) is 5.41 Å². The van der Waals surface area contributed by atoms with Gasteiger partial charge < -0.3 is 0 Å². The predicted octanol–water partition coefficient (Wildman–Crippen LogP) is 2.76. The molecule has 0 saturated heterocycles. The van der Waals surface area contributed by atoms with Gasteiger partial charge in [-0.05, 0) is 24.6 Å². The lowest BCUT2D eigenvalue weighted by atomic mass is 9.95. The van der Waals surface area contributed by atoms with Gasteiger partial charge in [0.15, 0.2) is 0 Å². The van der Waals surface area contributed by atoms with Crippen LogP contribution in [0.2, 0.25) is 0 Å². The maximum Gasteiger partial charge on any atom is 0.256 e. The van der Waals surface area contributed by atoms with Gasteiger partial charge in [0.1, 0.15) is 0 Å². The number of hydrogen-bond donors (Lipinski definition) is 1. The van der Waals surface area contributed by atoms with E-state index in [1.54, 1.807) is 32.9 Å². The number of hydroxylamine groups is 1. The molecule has 1 aromatic carbocycles. The summed E-state index contributed by atoms with van der Waals surface area (Å²) in [5, 5.41) is 10.4. The largest absolute Gasteiger partial charge is 0.281 e. The highest BCUT2D eigenvalue weighted by atomic mass is 16.5. The van der Waals surface area contributed by atoms with Crippen LogP contribution in [0.15, 0.2) is 24.3 Å². The van der Waals surface area contributed by atoms with Crippen molar-refractivity contribution >= 4 is 11.6 Å². The number of benzene rings is 1. The first kappa shape index (κ1) is 11.7. The summed E-state index contributed by atoms with van der Waals surface area (Å²) in [4.78, 5) is 11.8. The summed E-state index contributed by atoms with van der Waals surface area (Å²) in [7, 11) is 0. The number of nitrogens with zero attached hydrogens (tertiary/aromatic N) is 1. The summed E-state index contributed by atoms with van der Waals surface area (Å²) in [5.74, 6) is -0.312. The number of aryl methyl sites for hydroxylation is 1. The molecule has 0 bridgehead atoms. The molecule has 82 valence electrons. The molecule has 0 aromatic heterocycles. The Bertz CT molecular complexity index is 366. The second-order valence-electron chi connectivity index (χ2n) is 4.71. The Hall–Kier alpha value is -1.35. The molecule has 1 amide bonds. The summed E-state index contributed by atoms with van der Waals surface area (Å²) in [6.07, 6.45) is 0. The maximum atomic E-state index is 11.8. The van der Waals surface area contributed by atoms with Crippen molar-refractivity contribution in [1.29, 1.82) is 0 Å². The summed E-state index contributed by atoms with van der Waals surface area (Å²) in [6, 6.07) is 7.20. The van der Waals surface area contributed by atoms with Crippen LogP contribution in [-0.4, -0.2) is 11.1 Å². The molecular weight excluding hydrogens is 190 g/mol. The maximum absolute atomic E-state index is 11.8. The van der Waals surface area contributed by atoms with Crippen molar-refractivity contribution in [2.75, 3.05) is 5.06 Å². The fraction of sp³-hybridized carbons (Fsp3) is 0.417. The van der Waals surface area contributed by atoms with Crippen molar-refractivity contribution in [3.05, 3.63) is 29.8 Å². The van der Waals surface area contributed by atoms with Crippen LogP contribution in [0, 0.1) is 12.3 Å². The minimum absolute atomic E-state index is 0.312. The van der Waals surface area contributed by atoms with E-state index in [4.69, 9.17) is 0 Å². The van der Waals surface area contributed by atoms with Gasteiger partial charge in [-0.15, -0.1) is 0 Å². The smallest absolute Gasteiger partial charge is 0.256 e. The normalized spacial score (nSPS) is 11.3. The van der Waals surface area contributed by atoms with Gasteiger partial charge >= 0.3 is 0 Å². The summed E-state index contributed by atoms with van der Waals surface area (Å²) in [5.41, 5.74) is 0.932. The molecule has 0 radical (unpaired) electrons. The van der Waals surface area contributed by atoms with Crippen LogP contribution in [0.5, 0.6) is 0 Å². The molecule has 1 aromatic rings. The average Bonchev–Trinajstić information content (AvgIpc) is 2.14. The Kier molecular flexibility index (Phi) is 3.15. The van der Waals surface area contributed by atoms with Gasteiger partial charge in [0.25, 0.3) is 5.91 Å². The molecule has 0 spiro atoms. The SMILES string of the molecule is Cc1cccc(N(O)C(=O)C(C)(C)C)c1. The minimum atomic E-state index is -0.585. The number of rotatable bonds is 1. The van der Waals surface area contributed by atoms with Crippen molar-refractivity contribution in [2.45, 2.75) is 27.7 Å². The van der Waals surface area contributed by atoms with Crippen LogP contribution < -0.4 is 5.06 Å². The Morgan fingerprint density at radius 3 is 2.40 bits per heavy atom. The zero-order valence-electron chi connectivity index (χ0n) is 9.61. The number of amides is 1. The van der Waals surface area contributed by atoms with E-state index in [1.807, 2.05) is 19.1 Å². The van der Waals surface area contributed by atoms with E-state index in [0.29, 0.717) is 10.8 Å². The van der Waals surface area contributed by atoms with Crippen LogP contribution in [0.4, 0.5) is 5.69 Å². The zero-order valence-corrected chi connectivity index (χ0v) is 9.61. The Morgan fingerprint density at radius 2 is 1.93 bits per heavy atom. The molecule has 15 heavy (non-hydrogen) atoms. The first-order valence-corrected chi connectivity index (χ1v) is 4.92. The molecule has 0 aliphatic carbocycles. The third-order valence-corrected chi connectivity index (χ3v) is 2.08. The van der Waals surface area contributed by atoms with Crippen LogP contribution >= 0.6 is 0 Å². The molecule has 0 aliphatic heterocycles. The fourth-order valence-electron chi connectivity index (χ4n) is 1.19. The number of carbonyl (C=O) groups excluding carboxylic acids is 1. The van der Waals surface area contributed by atoms with Crippen LogP contribution in [-0.2, 0) is 4.79 Å². The van der Waals surface area contributed by atoms with Crippen LogP contribution in [0.1, 0.15) is 26.3 Å². The second kappa shape index (κ2) is 4.03. The standard InChI is InChI=1S/C12H17NO2/c1-9-6-5-7-10(8-9)13(15)11(14)12(2,3)4/h5-8,15H,1-4H3. The van der Waals surface area contributed by atoms with E-state index in [2.05, 4.69) is 0 Å². The molecule has 0 saturated carbocycles. The van der Waals surface area contributed by atoms with Gasteiger partial charge in [-0.3, -0.25) is 10.0 Å². The number of anilines is 1. The van der Waals surface area contributed by atoms with E-state index < -0.39 is 5.41 Å². The van der Waals surface area contributed by atoms with E-state index in [-0.39, 0.29) is 5.91 Å². The molecule has 0 aliphatic rings. The van der Waals surface area contributed by atoms with E-state index >= 15 is 0 Å². The van der Waals surface area contributed by atoms with Crippen molar-refractivity contribution in [3.8, 4) is 0 Å². The summed E-state index contributed by atoms with van der Waals surface area (Å²) in [6.45, 7) is 7.23. The molecule has 0 fully saturated rings. The van der Waals surface area contributed by atoms with Crippen molar-refractivity contribution in [2.24, 2.45) is 5.41 Å². The van der Waals surface area contributed by atoms with Crippen LogP contribution in [0.3, 0.4) is 0 Å². The van der Waals surface area contributed by atoms with Gasteiger partial charge in [-0.1, -0.05) is 32.9 Å². The van der Waals surface area contributed by atoms with E-state index in [0.717, 1.165) is 5.56 Å². The highest BCUT2D eigenvalue weighted by Crippen LogP contribution is 2.22. The molecule has 0 heterocycles.